The Bertz CT molecular complexity index is 929. The molecule has 3 rings (SSSR count). The maximum atomic E-state index is 13.1. The maximum absolute atomic E-state index is 13.1. The number of amides is 2. The van der Waals surface area contributed by atoms with E-state index in [2.05, 4.69) is 5.32 Å². The summed E-state index contributed by atoms with van der Waals surface area (Å²) in [5.41, 5.74) is 0.900. The fraction of sp³-hybridized carbons (Fsp3) is 0.391. The van der Waals surface area contributed by atoms with Crippen LogP contribution >= 0.6 is 11.3 Å². The highest BCUT2D eigenvalue weighted by molar-refractivity contribution is 7.12. The first-order chi connectivity index (χ1) is 14.9. The van der Waals surface area contributed by atoms with Crippen LogP contribution in [0.4, 0.5) is 0 Å². The number of carboxylic acids is 1. The molecule has 2 aromatic rings. The van der Waals surface area contributed by atoms with Gasteiger partial charge in [0.25, 0.3) is 5.91 Å². The van der Waals surface area contributed by atoms with Crippen molar-refractivity contribution in [3.05, 3.63) is 58.3 Å². The van der Waals surface area contributed by atoms with Gasteiger partial charge in [-0.3, -0.25) is 14.4 Å². The molecule has 1 saturated heterocycles. The fourth-order valence-electron chi connectivity index (χ4n) is 3.83. The third-order valence-electron chi connectivity index (χ3n) is 5.47. The number of likely N-dealkylation sites (tertiary alicyclic amines) is 1. The molecule has 0 saturated carbocycles. The molecule has 0 radical (unpaired) electrons. The monoisotopic (exact) mass is 442 g/mol. The van der Waals surface area contributed by atoms with Crippen LogP contribution in [0.3, 0.4) is 0 Å². The van der Waals surface area contributed by atoms with Gasteiger partial charge in [-0.1, -0.05) is 43.3 Å². The number of carbonyl (C=O) groups is 4. The molecule has 1 aliphatic heterocycles. The number of carbonyl (C=O) groups excluding carboxylic acids is 3. The molecule has 31 heavy (non-hydrogen) atoms. The van der Waals surface area contributed by atoms with E-state index >= 15 is 0 Å². The van der Waals surface area contributed by atoms with Crippen LogP contribution in [0.5, 0.6) is 0 Å². The summed E-state index contributed by atoms with van der Waals surface area (Å²) in [6.07, 6.45) is 1.31. The van der Waals surface area contributed by atoms with Crippen LogP contribution in [0.25, 0.3) is 0 Å². The first-order valence-corrected chi connectivity index (χ1v) is 11.2. The molecule has 1 aliphatic rings. The highest BCUT2D eigenvalue weighted by Gasteiger charge is 2.37. The third kappa shape index (κ3) is 5.79. The first-order valence-electron chi connectivity index (χ1n) is 10.3. The Morgan fingerprint density at radius 2 is 1.90 bits per heavy atom. The van der Waals surface area contributed by atoms with Crippen molar-refractivity contribution in [3.63, 3.8) is 0 Å². The normalized spacial score (nSPS) is 17.7. The van der Waals surface area contributed by atoms with Crippen LogP contribution in [0.15, 0.2) is 47.8 Å². The smallest absolute Gasteiger partial charge is 0.326 e. The van der Waals surface area contributed by atoms with Gasteiger partial charge in [-0.15, -0.1) is 11.3 Å². The summed E-state index contributed by atoms with van der Waals surface area (Å²) in [6.45, 7) is 2.02. The molecular weight excluding hydrogens is 416 g/mol. The Labute approximate surface area is 185 Å². The van der Waals surface area contributed by atoms with Crippen molar-refractivity contribution >= 4 is 34.9 Å². The Balaban J connectivity index is 1.70. The second-order valence-corrected chi connectivity index (χ2v) is 8.74. The number of hydrogen-bond acceptors (Lipinski definition) is 5. The summed E-state index contributed by atoms with van der Waals surface area (Å²) < 4.78 is 0. The zero-order valence-corrected chi connectivity index (χ0v) is 18.1. The van der Waals surface area contributed by atoms with Gasteiger partial charge >= 0.3 is 5.97 Å². The number of rotatable bonds is 9. The van der Waals surface area contributed by atoms with Crippen LogP contribution in [0.1, 0.15) is 41.4 Å². The van der Waals surface area contributed by atoms with Gasteiger partial charge < -0.3 is 15.3 Å². The zero-order valence-electron chi connectivity index (χ0n) is 17.3. The molecule has 0 spiro atoms. The number of Topliss-reactive ketones (excluding diaryl/α,β-unsaturated/α-hetero) is 1. The highest BCUT2D eigenvalue weighted by atomic mass is 32.1. The first kappa shape index (κ1) is 22.7. The van der Waals surface area contributed by atoms with Crippen molar-refractivity contribution in [2.75, 3.05) is 6.54 Å². The molecule has 1 aromatic heterocycles. The van der Waals surface area contributed by atoms with E-state index in [-0.39, 0.29) is 24.0 Å². The van der Waals surface area contributed by atoms with Crippen LogP contribution in [-0.4, -0.2) is 52.2 Å². The minimum atomic E-state index is -1.02. The van der Waals surface area contributed by atoms with Crippen LogP contribution in [0.2, 0.25) is 0 Å². The molecule has 2 N–H and O–H groups in total. The summed E-state index contributed by atoms with van der Waals surface area (Å²) in [6, 6.07) is 11.2. The van der Waals surface area contributed by atoms with Gasteiger partial charge in [0.05, 0.1) is 10.9 Å². The minimum Gasteiger partial charge on any atom is -0.480 e. The van der Waals surface area contributed by atoms with Gasteiger partial charge in [0.15, 0.2) is 5.78 Å². The van der Waals surface area contributed by atoms with Gasteiger partial charge in [0.2, 0.25) is 5.91 Å². The summed E-state index contributed by atoms with van der Waals surface area (Å²) in [5.74, 6) is -2.59. The molecule has 1 aromatic carbocycles. The average Bonchev–Trinajstić information content (AvgIpc) is 3.45. The lowest BCUT2D eigenvalue weighted by atomic mass is 9.94. The van der Waals surface area contributed by atoms with Crippen molar-refractivity contribution in [2.45, 2.75) is 44.7 Å². The van der Waals surface area contributed by atoms with Crippen molar-refractivity contribution in [1.82, 2.24) is 10.2 Å². The number of benzene rings is 1. The summed E-state index contributed by atoms with van der Waals surface area (Å²) in [4.78, 5) is 51.7. The summed E-state index contributed by atoms with van der Waals surface area (Å²) in [5, 5.41) is 13.9. The zero-order chi connectivity index (χ0) is 22.4. The van der Waals surface area contributed by atoms with Gasteiger partial charge in [-0.2, -0.15) is 0 Å². The predicted octanol–water partition coefficient (Wildman–Crippen LogP) is 2.76. The second-order valence-electron chi connectivity index (χ2n) is 7.79. The van der Waals surface area contributed by atoms with Crippen molar-refractivity contribution < 1.29 is 24.3 Å². The Kier molecular flexibility index (Phi) is 7.57. The topological polar surface area (TPSA) is 104 Å². The quantitative estimate of drug-likeness (QED) is 0.622. The largest absolute Gasteiger partial charge is 0.480 e. The van der Waals surface area contributed by atoms with Crippen LogP contribution in [0, 0.1) is 5.92 Å². The van der Waals surface area contributed by atoms with Gasteiger partial charge in [0, 0.05) is 18.9 Å². The Hall–Kier alpha value is -3.00. The fourth-order valence-corrected chi connectivity index (χ4v) is 4.46. The molecule has 2 amide bonds. The number of nitrogens with zero attached hydrogens (tertiary/aromatic N) is 1. The Morgan fingerprint density at radius 1 is 1.16 bits per heavy atom. The van der Waals surface area contributed by atoms with E-state index in [0.29, 0.717) is 30.7 Å². The predicted molar refractivity (Wildman–Crippen MR) is 117 cm³/mol. The molecule has 0 unspecified atom stereocenters. The third-order valence-corrected chi connectivity index (χ3v) is 6.34. The molecule has 3 atom stereocenters. The number of thiophene rings is 1. The Morgan fingerprint density at radius 3 is 2.55 bits per heavy atom. The van der Waals surface area contributed by atoms with Crippen molar-refractivity contribution in [1.29, 1.82) is 0 Å². The molecule has 0 aliphatic carbocycles. The molecule has 164 valence electrons. The SMILES string of the molecule is C[C@@H](CC(=O)[C@@H](Cc1ccccc1)NC(=O)c1cccs1)C(=O)N1CCC[C@H]1C(=O)O. The number of hydrogen-bond donors (Lipinski definition) is 2. The van der Waals surface area contributed by atoms with Gasteiger partial charge in [0.1, 0.15) is 6.04 Å². The second kappa shape index (κ2) is 10.3. The van der Waals surface area contributed by atoms with Crippen molar-refractivity contribution in [2.24, 2.45) is 5.92 Å². The molecule has 2 heterocycles. The molecule has 8 heteroatoms. The molecular formula is C23H26N2O5S. The highest BCUT2D eigenvalue weighted by Crippen LogP contribution is 2.22. The van der Waals surface area contributed by atoms with Gasteiger partial charge in [-0.25, -0.2) is 4.79 Å². The lowest BCUT2D eigenvalue weighted by Crippen LogP contribution is -2.46. The standard InChI is InChI=1S/C23H26N2O5S/c1-15(22(28)25-11-5-9-18(25)23(29)30)13-19(26)17(14-16-7-3-2-4-8-16)24-21(27)20-10-6-12-31-20/h2-4,6-8,10,12,15,17-18H,5,9,11,13-14H2,1H3,(H,24,27)(H,29,30)/t15-,17+,18-/m0/s1. The van der Waals surface area contributed by atoms with E-state index in [0.717, 1.165) is 5.56 Å². The van der Waals surface area contributed by atoms with E-state index in [1.807, 2.05) is 30.3 Å². The molecule has 1 fully saturated rings. The molecule has 7 nitrogen and oxygen atoms in total. The van der Waals surface area contributed by atoms with Crippen LogP contribution < -0.4 is 5.32 Å². The summed E-state index contributed by atoms with van der Waals surface area (Å²) >= 11 is 1.29. The number of ketones is 1. The van der Waals surface area contributed by atoms with E-state index in [1.165, 1.54) is 16.2 Å². The van der Waals surface area contributed by atoms with E-state index in [1.54, 1.807) is 24.4 Å². The lowest BCUT2D eigenvalue weighted by Gasteiger charge is -2.26. The van der Waals surface area contributed by atoms with E-state index < -0.39 is 24.0 Å². The lowest BCUT2D eigenvalue weighted by molar-refractivity contribution is -0.150. The van der Waals surface area contributed by atoms with E-state index in [4.69, 9.17) is 0 Å². The van der Waals surface area contributed by atoms with Gasteiger partial charge in [-0.05, 0) is 36.3 Å². The number of nitrogens with one attached hydrogen (secondary N) is 1. The minimum absolute atomic E-state index is 0.0656. The van der Waals surface area contributed by atoms with Crippen LogP contribution in [-0.2, 0) is 20.8 Å². The molecule has 0 bridgehead atoms. The number of aliphatic carboxylic acids is 1. The maximum Gasteiger partial charge on any atom is 0.326 e. The average molecular weight is 443 g/mol. The van der Waals surface area contributed by atoms with Crippen molar-refractivity contribution in [3.8, 4) is 0 Å². The number of carboxylic acid groups (broad SMARTS) is 1. The summed E-state index contributed by atoms with van der Waals surface area (Å²) in [7, 11) is 0. The van der Waals surface area contributed by atoms with E-state index in [9.17, 15) is 24.3 Å².